The molecule has 4 rings (SSSR count). The second-order valence-electron chi connectivity index (χ2n) is 5.81. The second-order valence-corrected chi connectivity index (χ2v) is 7.12. The van der Waals surface area contributed by atoms with E-state index in [2.05, 4.69) is 43.7 Å². The van der Waals surface area contributed by atoms with Gasteiger partial charge in [-0.2, -0.15) is 0 Å². The number of aromatic nitrogens is 2. The molecule has 18 heavy (non-hydrogen) atoms. The first kappa shape index (κ1) is 11.2. The first-order chi connectivity index (χ1) is 8.68. The minimum Gasteiger partial charge on any atom is -0.331 e. The molecule has 0 bridgehead atoms. The van der Waals surface area contributed by atoms with Crippen molar-refractivity contribution < 1.29 is 0 Å². The van der Waals surface area contributed by atoms with Gasteiger partial charge in [0.1, 0.15) is 0 Å². The number of hydrogen-bond acceptors (Lipinski definition) is 1. The first-order valence-corrected chi connectivity index (χ1v) is 7.76. The van der Waals surface area contributed by atoms with Crippen LogP contribution >= 0.6 is 28.1 Å². The fourth-order valence-electron chi connectivity index (χ4n) is 3.15. The van der Waals surface area contributed by atoms with Gasteiger partial charge in [0.15, 0.2) is 4.77 Å². The Bertz CT molecular complexity index is 677. The number of hydrogen-bond donors (Lipinski definition) is 1. The van der Waals surface area contributed by atoms with Crippen molar-refractivity contribution in [2.75, 3.05) is 0 Å². The van der Waals surface area contributed by atoms with Crippen molar-refractivity contribution in [2.24, 2.45) is 11.3 Å². The normalized spacial score (nSPS) is 21.4. The Labute approximate surface area is 120 Å². The zero-order valence-electron chi connectivity index (χ0n) is 10.1. The molecule has 0 spiro atoms. The first-order valence-electron chi connectivity index (χ1n) is 6.56. The average molecular weight is 323 g/mol. The van der Waals surface area contributed by atoms with Crippen LogP contribution in [-0.2, 0) is 6.54 Å². The van der Waals surface area contributed by atoms with Crippen LogP contribution in [-0.4, -0.2) is 9.55 Å². The number of halogens is 1. The quantitative estimate of drug-likeness (QED) is 0.815. The molecule has 2 aliphatic carbocycles. The summed E-state index contributed by atoms with van der Waals surface area (Å²) in [5.74, 6) is 0.969. The van der Waals surface area contributed by atoms with Gasteiger partial charge in [0.2, 0.25) is 0 Å². The van der Waals surface area contributed by atoms with Crippen LogP contribution in [0.15, 0.2) is 22.7 Å². The lowest BCUT2D eigenvalue weighted by atomic mass is 10.0. The van der Waals surface area contributed by atoms with Crippen molar-refractivity contribution in [3.05, 3.63) is 27.4 Å². The van der Waals surface area contributed by atoms with E-state index in [4.69, 9.17) is 12.2 Å². The summed E-state index contributed by atoms with van der Waals surface area (Å²) in [7, 11) is 0. The lowest BCUT2D eigenvalue weighted by Gasteiger charge is -2.15. The van der Waals surface area contributed by atoms with Crippen LogP contribution < -0.4 is 0 Å². The number of aromatic amines is 1. The van der Waals surface area contributed by atoms with Crippen molar-refractivity contribution in [1.29, 1.82) is 0 Å². The highest BCUT2D eigenvalue weighted by molar-refractivity contribution is 9.10. The monoisotopic (exact) mass is 322 g/mol. The highest BCUT2D eigenvalue weighted by Gasteiger charge is 2.53. The standard InChI is InChI=1S/C14H15BrN2S/c15-10-3-4-11-12(7-10)17(13(18)16-11)8-14(5-6-14)9-1-2-9/h3-4,7,9H,1-2,5-6,8H2,(H,16,18). The third kappa shape index (κ3) is 1.69. The molecule has 0 radical (unpaired) electrons. The van der Waals surface area contributed by atoms with Gasteiger partial charge in [0.05, 0.1) is 11.0 Å². The molecule has 0 saturated heterocycles. The van der Waals surface area contributed by atoms with E-state index in [-0.39, 0.29) is 0 Å². The van der Waals surface area contributed by atoms with E-state index in [1.165, 1.54) is 31.2 Å². The minimum atomic E-state index is 0.579. The highest BCUT2D eigenvalue weighted by Crippen LogP contribution is 2.62. The molecule has 1 aromatic heterocycles. The van der Waals surface area contributed by atoms with E-state index in [1.54, 1.807) is 0 Å². The molecule has 2 aliphatic rings. The van der Waals surface area contributed by atoms with Gasteiger partial charge in [-0.25, -0.2) is 0 Å². The van der Waals surface area contributed by atoms with Crippen molar-refractivity contribution in [1.82, 2.24) is 9.55 Å². The van der Waals surface area contributed by atoms with Crippen molar-refractivity contribution in [2.45, 2.75) is 32.2 Å². The summed E-state index contributed by atoms with van der Waals surface area (Å²) in [6, 6.07) is 6.33. The van der Waals surface area contributed by atoms with Crippen LogP contribution in [0.1, 0.15) is 25.7 Å². The number of imidazole rings is 1. The number of nitrogens with one attached hydrogen (secondary N) is 1. The SMILES string of the molecule is S=c1[nH]c2ccc(Br)cc2n1CC1(C2CC2)CC1. The van der Waals surface area contributed by atoms with E-state index < -0.39 is 0 Å². The number of benzene rings is 1. The molecule has 2 fully saturated rings. The van der Waals surface area contributed by atoms with Crippen molar-refractivity contribution in [3.8, 4) is 0 Å². The summed E-state index contributed by atoms with van der Waals surface area (Å²) in [5, 5.41) is 0. The van der Waals surface area contributed by atoms with Gasteiger partial charge in [0, 0.05) is 11.0 Å². The van der Waals surface area contributed by atoms with E-state index in [9.17, 15) is 0 Å². The van der Waals surface area contributed by atoms with Gasteiger partial charge < -0.3 is 9.55 Å². The molecular weight excluding hydrogens is 308 g/mol. The summed E-state index contributed by atoms with van der Waals surface area (Å²) in [6.07, 6.45) is 5.64. The molecule has 0 amide bonds. The molecular formula is C14H15BrN2S. The third-order valence-electron chi connectivity index (χ3n) is 4.55. The molecule has 0 aliphatic heterocycles. The zero-order chi connectivity index (χ0) is 12.3. The molecule has 1 heterocycles. The van der Waals surface area contributed by atoms with E-state index in [0.717, 1.165) is 27.2 Å². The minimum absolute atomic E-state index is 0.579. The summed E-state index contributed by atoms with van der Waals surface area (Å²) in [5.41, 5.74) is 2.96. The number of H-pyrrole nitrogens is 1. The van der Waals surface area contributed by atoms with Gasteiger partial charge in [-0.15, -0.1) is 0 Å². The summed E-state index contributed by atoms with van der Waals surface area (Å²) >= 11 is 9.04. The van der Waals surface area contributed by atoms with Crippen LogP contribution in [0.25, 0.3) is 11.0 Å². The lowest BCUT2D eigenvalue weighted by molar-refractivity contribution is 0.373. The molecule has 2 aromatic rings. The molecule has 1 aromatic carbocycles. The molecule has 1 N–H and O–H groups in total. The van der Waals surface area contributed by atoms with Gasteiger partial charge in [0.25, 0.3) is 0 Å². The summed E-state index contributed by atoms with van der Waals surface area (Å²) < 4.78 is 4.30. The highest BCUT2D eigenvalue weighted by atomic mass is 79.9. The Kier molecular flexibility index (Phi) is 2.31. The third-order valence-corrected chi connectivity index (χ3v) is 5.36. The molecule has 2 saturated carbocycles. The average Bonchev–Trinajstić information content (AvgIpc) is 3.22. The smallest absolute Gasteiger partial charge is 0.178 e. The van der Waals surface area contributed by atoms with E-state index in [0.29, 0.717) is 5.41 Å². The molecule has 0 atom stereocenters. The van der Waals surface area contributed by atoms with Crippen LogP contribution in [0.3, 0.4) is 0 Å². The van der Waals surface area contributed by atoms with Crippen LogP contribution in [0, 0.1) is 16.1 Å². The van der Waals surface area contributed by atoms with E-state index in [1.807, 2.05) is 0 Å². The Balaban J connectivity index is 1.81. The Morgan fingerprint density at radius 1 is 1.39 bits per heavy atom. The molecule has 94 valence electrons. The van der Waals surface area contributed by atoms with Gasteiger partial charge in [-0.3, -0.25) is 0 Å². The lowest BCUT2D eigenvalue weighted by Crippen LogP contribution is -2.13. The summed E-state index contributed by atoms with van der Waals surface area (Å²) in [6.45, 7) is 1.10. The maximum Gasteiger partial charge on any atom is 0.178 e. The summed E-state index contributed by atoms with van der Waals surface area (Å²) in [4.78, 5) is 3.32. The van der Waals surface area contributed by atoms with Gasteiger partial charge in [-0.1, -0.05) is 15.9 Å². The van der Waals surface area contributed by atoms with Gasteiger partial charge >= 0.3 is 0 Å². The second kappa shape index (κ2) is 3.70. The van der Waals surface area contributed by atoms with Crippen LogP contribution in [0.5, 0.6) is 0 Å². The molecule has 4 heteroatoms. The number of nitrogens with zero attached hydrogens (tertiary/aromatic N) is 1. The number of fused-ring (bicyclic) bond motifs is 1. The maximum absolute atomic E-state index is 5.49. The van der Waals surface area contributed by atoms with Crippen LogP contribution in [0.4, 0.5) is 0 Å². The maximum atomic E-state index is 5.49. The molecule has 2 nitrogen and oxygen atoms in total. The Morgan fingerprint density at radius 3 is 2.83 bits per heavy atom. The van der Waals surface area contributed by atoms with Crippen LogP contribution in [0.2, 0.25) is 0 Å². The fraction of sp³-hybridized carbons (Fsp3) is 0.500. The largest absolute Gasteiger partial charge is 0.331 e. The van der Waals surface area contributed by atoms with Crippen molar-refractivity contribution >= 4 is 39.2 Å². The Morgan fingerprint density at radius 2 is 2.17 bits per heavy atom. The van der Waals surface area contributed by atoms with E-state index >= 15 is 0 Å². The molecule has 0 unspecified atom stereocenters. The number of rotatable bonds is 3. The van der Waals surface area contributed by atoms with Crippen molar-refractivity contribution in [3.63, 3.8) is 0 Å². The topological polar surface area (TPSA) is 20.7 Å². The predicted molar refractivity (Wildman–Crippen MR) is 79.2 cm³/mol. The fourth-order valence-corrected chi connectivity index (χ4v) is 3.77. The zero-order valence-corrected chi connectivity index (χ0v) is 12.5. The van der Waals surface area contributed by atoms with Gasteiger partial charge in [-0.05, 0) is 67.4 Å². The Hall–Kier alpha value is -0.610. The predicted octanol–water partition coefficient (Wildman–Crippen LogP) is 4.65.